The van der Waals surface area contributed by atoms with Crippen LogP contribution in [0.1, 0.15) is 23.4 Å². The predicted octanol–water partition coefficient (Wildman–Crippen LogP) is -0.623. The first-order valence-corrected chi connectivity index (χ1v) is 4.65. The standard InChI is InChI=1S/C9H14N4O3/c1-6(2)9-11-8(7(10)15)12-13(9)5-16-4-3-14/h14H,1,3-5H2,2H3,(H2,10,15). The number of nitrogens with zero attached hydrogens (tertiary/aromatic N) is 3. The van der Waals surface area contributed by atoms with Gasteiger partial charge in [-0.05, 0) is 12.5 Å². The summed E-state index contributed by atoms with van der Waals surface area (Å²) < 4.78 is 6.44. The van der Waals surface area contributed by atoms with Crippen molar-refractivity contribution in [2.75, 3.05) is 13.2 Å². The molecule has 7 nitrogen and oxygen atoms in total. The van der Waals surface area contributed by atoms with Gasteiger partial charge in [-0.3, -0.25) is 4.79 Å². The molecule has 1 aromatic rings. The number of primary amides is 1. The highest BCUT2D eigenvalue weighted by Gasteiger charge is 2.13. The molecule has 88 valence electrons. The van der Waals surface area contributed by atoms with E-state index in [4.69, 9.17) is 15.6 Å². The summed E-state index contributed by atoms with van der Waals surface area (Å²) in [6.45, 7) is 5.62. The number of allylic oxidation sites excluding steroid dienone is 1. The van der Waals surface area contributed by atoms with Crippen LogP contribution in [0.2, 0.25) is 0 Å². The van der Waals surface area contributed by atoms with Crippen molar-refractivity contribution in [1.82, 2.24) is 14.8 Å². The molecule has 0 fully saturated rings. The average Bonchev–Trinajstić information content (AvgIpc) is 2.62. The van der Waals surface area contributed by atoms with Gasteiger partial charge in [-0.25, -0.2) is 9.67 Å². The number of carbonyl (C=O) groups excluding carboxylic acids is 1. The summed E-state index contributed by atoms with van der Waals surface area (Å²) in [6.07, 6.45) is 0. The Morgan fingerprint density at radius 1 is 1.69 bits per heavy atom. The molecule has 7 heteroatoms. The quantitative estimate of drug-likeness (QED) is 0.629. The molecule has 0 unspecified atom stereocenters. The van der Waals surface area contributed by atoms with Crippen molar-refractivity contribution in [2.24, 2.45) is 5.73 Å². The molecule has 0 aliphatic heterocycles. The highest BCUT2D eigenvalue weighted by Crippen LogP contribution is 2.09. The molecule has 1 aromatic heterocycles. The molecular formula is C9H14N4O3. The van der Waals surface area contributed by atoms with Crippen LogP contribution in [0.4, 0.5) is 0 Å². The number of ether oxygens (including phenoxy) is 1. The number of rotatable bonds is 6. The SMILES string of the molecule is C=C(C)c1nc(C(N)=O)nn1COCCO. The lowest BCUT2D eigenvalue weighted by molar-refractivity contribution is 0.0411. The Hall–Kier alpha value is -1.73. The molecule has 0 bridgehead atoms. The van der Waals surface area contributed by atoms with Crippen LogP contribution in [-0.4, -0.2) is 39.0 Å². The minimum absolute atomic E-state index is 0.0781. The van der Waals surface area contributed by atoms with E-state index in [0.29, 0.717) is 11.4 Å². The van der Waals surface area contributed by atoms with Crippen LogP contribution in [-0.2, 0) is 11.5 Å². The molecule has 0 aliphatic rings. The fourth-order valence-electron chi connectivity index (χ4n) is 1.07. The Morgan fingerprint density at radius 3 is 2.88 bits per heavy atom. The monoisotopic (exact) mass is 226 g/mol. The van der Waals surface area contributed by atoms with Crippen LogP contribution in [0.3, 0.4) is 0 Å². The molecule has 1 rings (SSSR count). The number of nitrogens with two attached hydrogens (primary N) is 1. The molecule has 0 saturated heterocycles. The summed E-state index contributed by atoms with van der Waals surface area (Å²) in [5, 5.41) is 12.4. The van der Waals surface area contributed by atoms with Gasteiger partial charge in [-0.2, -0.15) is 0 Å². The third kappa shape index (κ3) is 2.88. The Balaban J connectivity index is 2.87. The lowest BCUT2D eigenvalue weighted by atomic mass is 10.3. The zero-order valence-corrected chi connectivity index (χ0v) is 9.01. The summed E-state index contributed by atoms with van der Waals surface area (Å²) in [4.78, 5) is 14.8. The van der Waals surface area contributed by atoms with E-state index in [-0.39, 0.29) is 25.8 Å². The van der Waals surface area contributed by atoms with E-state index in [1.807, 2.05) is 0 Å². The third-order valence-corrected chi connectivity index (χ3v) is 1.72. The van der Waals surface area contributed by atoms with Gasteiger partial charge in [-0.15, -0.1) is 5.10 Å². The molecule has 0 spiro atoms. The van der Waals surface area contributed by atoms with Crippen LogP contribution in [0.25, 0.3) is 5.57 Å². The molecule has 0 aromatic carbocycles. The van der Waals surface area contributed by atoms with Crippen molar-refractivity contribution in [3.63, 3.8) is 0 Å². The third-order valence-electron chi connectivity index (χ3n) is 1.72. The van der Waals surface area contributed by atoms with Crippen LogP contribution < -0.4 is 5.73 Å². The fraction of sp³-hybridized carbons (Fsp3) is 0.444. The fourth-order valence-corrected chi connectivity index (χ4v) is 1.07. The first-order valence-electron chi connectivity index (χ1n) is 4.65. The molecule has 1 heterocycles. The van der Waals surface area contributed by atoms with Crippen LogP contribution in [0.15, 0.2) is 6.58 Å². The van der Waals surface area contributed by atoms with Crippen molar-refractivity contribution in [2.45, 2.75) is 13.7 Å². The largest absolute Gasteiger partial charge is 0.394 e. The minimum atomic E-state index is -0.705. The van der Waals surface area contributed by atoms with E-state index in [1.165, 1.54) is 4.68 Å². The summed E-state index contributed by atoms with van der Waals surface area (Å²) in [5.74, 6) is -0.347. The summed E-state index contributed by atoms with van der Waals surface area (Å²) in [7, 11) is 0. The van der Waals surface area contributed by atoms with E-state index < -0.39 is 5.91 Å². The average molecular weight is 226 g/mol. The molecular weight excluding hydrogens is 212 g/mol. The van der Waals surface area contributed by atoms with E-state index in [9.17, 15) is 4.79 Å². The van der Waals surface area contributed by atoms with Gasteiger partial charge in [0.2, 0.25) is 5.82 Å². The number of aliphatic hydroxyl groups excluding tert-OH is 1. The van der Waals surface area contributed by atoms with Gasteiger partial charge >= 0.3 is 0 Å². The Bertz CT molecular complexity index is 399. The highest BCUT2D eigenvalue weighted by atomic mass is 16.5. The lowest BCUT2D eigenvalue weighted by Crippen LogP contribution is -2.14. The van der Waals surface area contributed by atoms with Crippen molar-refractivity contribution in [3.05, 3.63) is 18.2 Å². The predicted molar refractivity (Wildman–Crippen MR) is 56.3 cm³/mol. The smallest absolute Gasteiger partial charge is 0.288 e. The zero-order chi connectivity index (χ0) is 12.1. The van der Waals surface area contributed by atoms with E-state index in [1.54, 1.807) is 6.92 Å². The second-order valence-corrected chi connectivity index (χ2v) is 3.16. The number of aromatic nitrogens is 3. The molecule has 1 amide bonds. The molecule has 0 aliphatic carbocycles. The summed E-state index contributed by atoms with van der Waals surface area (Å²) >= 11 is 0. The Kier molecular flexibility index (Phi) is 4.15. The normalized spacial score (nSPS) is 10.4. The molecule has 0 atom stereocenters. The van der Waals surface area contributed by atoms with E-state index >= 15 is 0 Å². The number of amides is 1. The van der Waals surface area contributed by atoms with Crippen LogP contribution in [0.5, 0.6) is 0 Å². The van der Waals surface area contributed by atoms with Crippen molar-refractivity contribution in [1.29, 1.82) is 0 Å². The lowest BCUT2D eigenvalue weighted by Gasteiger charge is -2.05. The van der Waals surface area contributed by atoms with Crippen molar-refractivity contribution < 1.29 is 14.6 Å². The topological polar surface area (TPSA) is 103 Å². The van der Waals surface area contributed by atoms with Crippen LogP contribution in [0, 0.1) is 0 Å². The van der Waals surface area contributed by atoms with Gasteiger partial charge in [-0.1, -0.05) is 6.58 Å². The van der Waals surface area contributed by atoms with Crippen LogP contribution >= 0.6 is 0 Å². The van der Waals surface area contributed by atoms with E-state index in [2.05, 4.69) is 16.7 Å². The maximum Gasteiger partial charge on any atom is 0.288 e. The zero-order valence-electron chi connectivity index (χ0n) is 9.01. The van der Waals surface area contributed by atoms with Gasteiger partial charge in [0.15, 0.2) is 5.82 Å². The second kappa shape index (κ2) is 5.38. The second-order valence-electron chi connectivity index (χ2n) is 3.16. The maximum absolute atomic E-state index is 10.9. The molecule has 0 saturated carbocycles. The minimum Gasteiger partial charge on any atom is -0.394 e. The van der Waals surface area contributed by atoms with E-state index in [0.717, 1.165) is 0 Å². The molecule has 3 N–H and O–H groups in total. The highest BCUT2D eigenvalue weighted by molar-refractivity contribution is 5.89. The number of carbonyl (C=O) groups is 1. The Labute approximate surface area is 92.5 Å². The first kappa shape index (κ1) is 12.3. The number of aliphatic hydroxyl groups is 1. The van der Waals surface area contributed by atoms with Crippen molar-refractivity contribution in [3.8, 4) is 0 Å². The van der Waals surface area contributed by atoms with Gasteiger partial charge in [0.05, 0.1) is 13.2 Å². The maximum atomic E-state index is 10.9. The summed E-state index contributed by atoms with van der Waals surface area (Å²) in [6, 6.07) is 0. The number of hydrogen-bond acceptors (Lipinski definition) is 5. The van der Waals surface area contributed by atoms with Crippen molar-refractivity contribution >= 4 is 11.5 Å². The first-order chi connectivity index (χ1) is 7.56. The molecule has 0 radical (unpaired) electrons. The number of hydrogen-bond donors (Lipinski definition) is 2. The van der Waals surface area contributed by atoms with Gasteiger partial charge in [0.1, 0.15) is 6.73 Å². The van der Waals surface area contributed by atoms with Gasteiger partial charge in [0, 0.05) is 0 Å². The summed E-state index contributed by atoms with van der Waals surface area (Å²) in [5.41, 5.74) is 5.71. The van der Waals surface area contributed by atoms with Gasteiger partial charge in [0.25, 0.3) is 5.91 Å². The van der Waals surface area contributed by atoms with Gasteiger partial charge < -0.3 is 15.6 Å². The molecule has 16 heavy (non-hydrogen) atoms. The Morgan fingerprint density at radius 2 is 2.38 bits per heavy atom.